The molecule has 4 heteroatoms. The molecule has 1 heterocycles. The van der Waals surface area contributed by atoms with Crippen LogP contribution in [0.4, 0.5) is 4.39 Å². The van der Waals surface area contributed by atoms with Gasteiger partial charge in [-0.05, 0) is 32.0 Å². The molecule has 2 rings (SSSR count). The third-order valence-electron chi connectivity index (χ3n) is 3.09. The van der Waals surface area contributed by atoms with Gasteiger partial charge in [-0.1, -0.05) is 12.1 Å². The lowest BCUT2D eigenvalue weighted by molar-refractivity contribution is 0.432. The number of benzene rings is 1. The van der Waals surface area contributed by atoms with E-state index in [4.69, 9.17) is 0 Å². The molecule has 2 atom stereocenters. The number of hydrogen-bond donors (Lipinski definition) is 2. The third-order valence-corrected chi connectivity index (χ3v) is 3.09. The number of hydrogen-bond acceptors (Lipinski definition) is 3. The van der Waals surface area contributed by atoms with Gasteiger partial charge in [0.2, 0.25) is 0 Å². The number of phenols is 1. The number of aromatic hydroxyl groups is 1. The van der Waals surface area contributed by atoms with Crippen molar-refractivity contribution in [1.82, 2.24) is 10.3 Å². The molecule has 0 aliphatic rings. The molecule has 1 aromatic heterocycles. The van der Waals surface area contributed by atoms with E-state index < -0.39 is 5.82 Å². The normalized spacial score (nSPS) is 14.1. The molecule has 0 fully saturated rings. The van der Waals surface area contributed by atoms with Gasteiger partial charge in [0.1, 0.15) is 11.6 Å². The SMILES string of the molecule is CC(N[C@H](C)c1ccccn1)c1ccc(F)cc1O. The standard InChI is InChI=1S/C15H17FN2O/c1-10(13-7-6-12(16)9-15(13)19)18-11(2)14-5-3-4-8-17-14/h3-11,18-19H,1-2H3/t10?,11-/m1/s1. The van der Waals surface area contributed by atoms with Crippen LogP contribution in [0, 0.1) is 5.82 Å². The van der Waals surface area contributed by atoms with Gasteiger partial charge in [0, 0.05) is 29.9 Å². The molecule has 19 heavy (non-hydrogen) atoms. The van der Waals surface area contributed by atoms with Crippen LogP contribution in [0.2, 0.25) is 0 Å². The number of rotatable bonds is 4. The van der Waals surface area contributed by atoms with E-state index in [1.807, 2.05) is 32.0 Å². The van der Waals surface area contributed by atoms with Crippen LogP contribution in [0.15, 0.2) is 42.6 Å². The zero-order valence-corrected chi connectivity index (χ0v) is 11.0. The van der Waals surface area contributed by atoms with Crippen molar-refractivity contribution in [2.45, 2.75) is 25.9 Å². The lowest BCUT2D eigenvalue weighted by Crippen LogP contribution is -2.23. The highest BCUT2D eigenvalue weighted by Gasteiger charge is 2.15. The Kier molecular flexibility index (Phi) is 4.12. The van der Waals surface area contributed by atoms with Gasteiger partial charge in [0.05, 0.1) is 5.69 Å². The van der Waals surface area contributed by atoms with Crippen molar-refractivity contribution < 1.29 is 9.50 Å². The molecule has 2 aromatic rings. The van der Waals surface area contributed by atoms with Crippen molar-refractivity contribution in [2.24, 2.45) is 0 Å². The van der Waals surface area contributed by atoms with Crippen molar-refractivity contribution in [3.05, 3.63) is 59.7 Å². The van der Waals surface area contributed by atoms with Crippen molar-refractivity contribution in [3.8, 4) is 5.75 Å². The molecule has 1 aromatic carbocycles. The molecular weight excluding hydrogens is 243 g/mol. The fraction of sp³-hybridized carbons (Fsp3) is 0.267. The van der Waals surface area contributed by atoms with Crippen LogP contribution in [0.5, 0.6) is 5.75 Å². The summed E-state index contributed by atoms with van der Waals surface area (Å²) in [5.41, 5.74) is 1.60. The van der Waals surface area contributed by atoms with Gasteiger partial charge >= 0.3 is 0 Å². The Bertz CT molecular complexity index is 545. The van der Waals surface area contributed by atoms with Gasteiger partial charge in [-0.25, -0.2) is 4.39 Å². The van der Waals surface area contributed by atoms with Gasteiger partial charge in [-0.3, -0.25) is 4.98 Å². The van der Waals surface area contributed by atoms with Gasteiger partial charge in [-0.2, -0.15) is 0 Å². The number of phenolic OH excluding ortho intramolecular Hbond substituents is 1. The number of aromatic nitrogens is 1. The zero-order valence-electron chi connectivity index (χ0n) is 11.0. The Morgan fingerprint density at radius 2 is 1.95 bits per heavy atom. The summed E-state index contributed by atoms with van der Waals surface area (Å²) in [5, 5.41) is 13.1. The van der Waals surface area contributed by atoms with Crippen LogP contribution >= 0.6 is 0 Å². The second-order valence-electron chi connectivity index (χ2n) is 4.57. The van der Waals surface area contributed by atoms with E-state index in [0.29, 0.717) is 5.56 Å². The predicted octanol–water partition coefficient (Wildman–Crippen LogP) is 3.34. The van der Waals surface area contributed by atoms with Crippen molar-refractivity contribution in [1.29, 1.82) is 0 Å². The highest BCUT2D eigenvalue weighted by Crippen LogP contribution is 2.26. The molecule has 100 valence electrons. The van der Waals surface area contributed by atoms with Crippen LogP contribution in [-0.2, 0) is 0 Å². The lowest BCUT2D eigenvalue weighted by atomic mass is 10.1. The number of halogens is 1. The van der Waals surface area contributed by atoms with Gasteiger partial charge in [0.25, 0.3) is 0 Å². The average Bonchev–Trinajstić information content (AvgIpc) is 2.39. The summed E-state index contributed by atoms with van der Waals surface area (Å²) in [6, 6.07) is 9.74. The molecule has 0 aliphatic carbocycles. The summed E-state index contributed by atoms with van der Waals surface area (Å²) in [6.45, 7) is 3.92. The number of nitrogens with zero attached hydrogens (tertiary/aromatic N) is 1. The van der Waals surface area contributed by atoms with Gasteiger partial charge < -0.3 is 10.4 Å². The maximum Gasteiger partial charge on any atom is 0.126 e. The first kappa shape index (κ1) is 13.5. The second-order valence-corrected chi connectivity index (χ2v) is 4.57. The van der Waals surface area contributed by atoms with E-state index >= 15 is 0 Å². The predicted molar refractivity (Wildman–Crippen MR) is 72.3 cm³/mol. The molecule has 0 radical (unpaired) electrons. The largest absolute Gasteiger partial charge is 0.508 e. The van der Waals surface area contributed by atoms with E-state index in [2.05, 4.69) is 10.3 Å². The highest BCUT2D eigenvalue weighted by molar-refractivity contribution is 5.35. The minimum atomic E-state index is -0.439. The first-order valence-corrected chi connectivity index (χ1v) is 6.23. The molecule has 0 spiro atoms. The molecule has 0 bridgehead atoms. The summed E-state index contributed by atoms with van der Waals surface area (Å²) >= 11 is 0. The smallest absolute Gasteiger partial charge is 0.126 e. The van der Waals surface area contributed by atoms with E-state index in [1.165, 1.54) is 6.07 Å². The van der Waals surface area contributed by atoms with Crippen molar-refractivity contribution in [3.63, 3.8) is 0 Å². The molecule has 2 N–H and O–H groups in total. The van der Waals surface area contributed by atoms with Crippen LogP contribution in [0.1, 0.15) is 37.2 Å². The van der Waals surface area contributed by atoms with E-state index in [9.17, 15) is 9.50 Å². The maximum atomic E-state index is 12.9. The molecule has 3 nitrogen and oxygen atoms in total. The minimum absolute atomic E-state index is 0.0341. The van der Waals surface area contributed by atoms with Crippen LogP contribution in [-0.4, -0.2) is 10.1 Å². The summed E-state index contributed by atoms with van der Waals surface area (Å²) in [4.78, 5) is 4.28. The zero-order chi connectivity index (χ0) is 13.8. The first-order valence-electron chi connectivity index (χ1n) is 6.23. The molecule has 0 saturated heterocycles. The fourth-order valence-corrected chi connectivity index (χ4v) is 2.07. The number of nitrogens with one attached hydrogen (secondary N) is 1. The molecule has 0 amide bonds. The molecule has 1 unspecified atom stereocenters. The monoisotopic (exact) mass is 260 g/mol. The van der Waals surface area contributed by atoms with Gasteiger partial charge in [-0.15, -0.1) is 0 Å². The summed E-state index contributed by atoms with van der Waals surface area (Å²) < 4.78 is 12.9. The summed E-state index contributed by atoms with van der Waals surface area (Å²) in [5.74, 6) is -0.473. The topological polar surface area (TPSA) is 45.2 Å². The van der Waals surface area contributed by atoms with E-state index in [-0.39, 0.29) is 17.8 Å². The third kappa shape index (κ3) is 3.29. The van der Waals surface area contributed by atoms with E-state index in [0.717, 1.165) is 11.8 Å². The molecular formula is C15H17FN2O. The van der Waals surface area contributed by atoms with Gasteiger partial charge in [0.15, 0.2) is 0 Å². The van der Waals surface area contributed by atoms with Crippen LogP contribution in [0.3, 0.4) is 0 Å². The number of pyridine rings is 1. The maximum absolute atomic E-state index is 12.9. The quantitative estimate of drug-likeness (QED) is 0.886. The minimum Gasteiger partial charge on any atom is -0.508 e. The first-order chi connectivity index (χ1) is 9.08. The summed E-state index contributed by atoms with van der Waals surface area (Å²) in [6.07, 6.45) is 1.74. The lowest BCUT2D eigenvalue weighted by Gasteiger charge is -2.20. The average molecular weight is 260 g/mol. The van der Waals surface area contributed by atoms with Crippen molar-refractivity contribution in [2.75, 3.05) is 0 Å². The highest BCUT2D eigenvalue weighted by atomic mass is 19.1. The molecule has 0 saturated carbocycles. The Hall–Kier alpha value is -1.94. The second kappa shape index (κ2) is 5.80. The Morgan fingerprint density at radius 1 is 1.16 bits per heavy atom. The van der Waals surface area contributed by atoms with E-state index in [1.54, 1.807) is 12.3 Å². The Balaban J connectivity index is 2.10. The Morgan fingerprint density at radius 3 is 2.58 bits per heavy atom. The Labute approximate surface area is 112 Å². The van der Waals surface area contributed by atoms with Crippen LogP contribution < -0.4 is 5.32 Å². The fourth-order valence-electron chi connectivity index (χ4n) is 2.07. The summed E-state index contributed by atoms with van der Waals surface area (Å²) in [7, 11) is 0. The van der Waals surface area contributed by atoms with Crippen molar-refractivity contribution >= 4 is 0 Å². The van der Waals surface area contributed by atoms with Crippen LogP contribution in [0.25, 0.3) is 0 Å². The molecule has 0 aliphatic heterocycles.